The summed E-state index contributed by atoms with van der Waals surface area (Å²) in [6, 6.07) is 0. The van der Waals surface area contributed by atoms with Crippen LogP contribution < -0.4 is 11.1 Å². The third kappa shape index (κ3) is 6.00. The van der Waals surface area contributed by atoms with Crippen LogP contribution in [0.25, 0.3) is 0 Å². The lowest BCUT2D eigenvalue weighted by Crippen LogP contribution is -2.50. The molecular formula is C13H26N2O3. The predicted octanol–water partition coefficient (Wildman–Crippen LogP) is 1.21. The second-order valence-electron chi connectivity index (χ2n) is 5.06. The van der Waals surface area contributed by atoms with Crippen LogP contribution in [0.2, 0.25) is 0 Å². The minimum atomic E-state index is -0.971. The van der Waals surface area contributed by atoms with Gasteiger partial charge in [0, 0.05) is 6.42 Å². The third-order valence-corrected chi connectivity index (χ3v) is 3.08. The Kier molecular flexibility index (Phi) is 7.59. The Bertz CT molecular complexity index is 277. The van der Waals surface area contributed by atoms with Gasteiger partial charge < -0.3 is 15.8 Å². The van der Waals surface area contributed by atoms with Crippen molar-refractivity contribution in [1.82, 2.24) is 5.32 Å². The summed E-state index contributed by atoms with van der Waals surface area (Å²) in [4.78, 5) is 23.2. The van der Waals surface area contributed by atoms with Crippen LogP contribution in [0.1, 0.15) is 46.5 Å². The standard InChI is InChI=1S/C13H26N2O3/c1-5-10(8-9-14)6-7-11(16)15-13(2,3)12(17)18-4/h10H,5-9,14H2,1-4H3,(H,15,16). The molecule has 5 heteroatoms. The Morgan fingerprint density at radius 2 is 1.94 bits per heavy atom. The average Bonchev–Trinajstić information content (AvgIpc) is 2.32. The van der Waals surface area contributed by atoms with Crippen LogP contribution in [0, 0.1) is 5.92 Å². The van der Waals surface area contributed by atoms with Gasteiger partial charge in [-0.2, -0.15) is 0 Å². The molecule has 1 atom stereocenters. The van der Waals surface area contributed by atoms with Crippen molar-refractivity contribution < 1.29 is 14.3 Å². The van der Waals surface area contributed by atoms with E-state index in [0.29, 0.717) is 18.9 Å². The van der Waals surface area contributed by atoms with Gasteiger partial charge in [0.05, 0.1) is 7.11 Å². The first-order valence-electron chi connectivity index (χ1n) is 6.46. The molecule has 0 radical (unpaired) electrons. The molecule has 0 aliphatic heterocycles. The van der Waals surface area contributed by atoms with E-state index < -0.39 is 11.5 Å². The number of rotatable bonds is 8. The van der Waals surface area contributed by atoms with Crippen molar-refractivity contribution in [2.75, 3.05) is 13.7 Å². The summed E-state index contributed by atoms with van der Waals surface area (Å²) in [5, 5.41) is 2.68. The highest BCUT2D eigenvalue weighted by molar-refractivity contribution is 5.87. The van der Waals surface area contributed by atoms with Crippen LogP contribution in [0.15, 0.2) is 0 Å². The van der Waals surface area contributed by atoms with Crippen molar-refractivity contribution >= 4 is 11.9 Å². The zero-order valence-electron chi connectivity index (χ0n) is 11.9. The lowest BCUT2D eigenvalue weighted by Gasteiger charge is -2.23. The Labute approximate surface area is 109 Å². The molecule has 18 heavy (non-hydrogen) atoms. The number of hydrogen-bond acceptors (Lipinski definition) is 4. The van der Waals surface area contributed by atoms with E-state index in [1.807, 2.05) is 0 Å². The van der Waals surface area contributed by atoms with E-state index in [-0.39, 0.29) is 5.91 Å². The van der Waals surface area contributed by atoms with Crippen molar-refractivity contribution in [2.24, 2.45) is 11.7 Å². The number of amides is 1. The maximum absolute atomic E-state index is 11.8. The molecule has 0 aromatic heterocycles. The van der Waals surface area contributed by atoms with Gasteiger partial charge in [-0.3, -0.25) is 4.79 Å². The highest BCUT2D eigenvalue weighted by atomic mass is 16.5. The normalized spacial score (nSPS) is 12.9. The molecule has 1 amide bonds. The number of carbonyl (C=O) groups excluding carboxylic acids is 2. The fourth-order valence-corrected chi connectivity index (χ4v) is 1.84. The molecule has 0 saturated heterocycles. The van der Waals surface area contributed by atoms with Crippen molar-refractivity contribution in [3.05, 3.63) is 0 Å². The van der Waals surface area contributed by atoms with Gasteiger partial charge in [-0.25, -0.2) is 4.79 Å². The third-order valence-electron chi connectivity index (χ3n) is 3.08. The maximum Gasteiger partial charge on any atom is 0.330 e. The molecule has 0 rings (SSSR count). The van der Waals surface area contributed by atoms with E-state index >= 15 is 0 Å². The smallest absolute Gasteiger partial charge is 0.330 e. The van der Waals surface area contributed by atoms with Crippen LogP contribution in [0.3, 0.4) is 0 Å². The lowest BCUT2D eigenvalue weighted by atomic mass is 9.96. The van der Waals surface area contributed by atoms with Gasteiger partial charge in [-0.1, -0.05) is 13.3 Å². The number of hydrogen-bond donors (Lipinski definition) is 2. The van der Waals surface area contributed by atoms with Crippen molar-refractivity contribution in [3.63, 3.8) is 0 Å². The second kappa shape index (κ2) is 8.08. The molecule has 0 aromatic rings. The molecule has 0 fully saturated rings. The summed E-state index contributed by atoms with van der Waals surface area (Å²) >= 11 is 0. The molecule has 0 aliphatic rings. The van der Waals surface area contributed by atoms with E-state index in [9.17, 15) is 9.59 Å². The van der Waals surface area contributed by atoms with Gasteiger partial charge in [0.15, 0.2) is 0 Å². The highest BCUT2D eigenvalue weighted by Gasteiger charge is 2.30. The zero-order chi connectivity index (χ0) is 14.2. The average molecular weight is 258 g/mol. The first-order chi connectivity index (χ1) is 8.37. The van der Waals surface area contributed by atoms with Gasteiger partial charge in [-0.05, 0) is 39.2 Å². The van der Waals surface area contributed by atoms with Gasteiger partial charge in [0.25, 0.3) is 0 Å². The van der Waals surface area contributed by atoms with Crippen LogP contribution in [-0.4, -0.2) is 31.1 Å². The van der Waals surface area contributed by atoms with E-state index in [2.05, 4.69) is 17.0 Å². The Morgan fingerprint density at radius 1 is 1.33 bits per heavy atom. The lowest BCUT2D eigenvalue weighted by molar-refractivity contribution is -0.149. The van der Waals surface area contributed by atoms with Crippen molar-refractivity contribution in [1.29, 1.82) is 0 Å². The molecule has 0 aromatic carbocycles. The molecular weight excluding hydrogens is 232 g/mol. The van der Waals surface area contributed by atoms with E-state index in [1.54, 1.807) is 13.8 Å². The monoisotopic (exact) mass is 258 g/mol. The Hall–Kier alpha value is -1.10. The molecule has 0 bridgehead atoms. The fraction of sp³-hybridized carbons (Fsp3) is 0.846. The van der Waals surface area contributed by atoms with Crippen LogP contribution in [0.4, 0.5) is 0 Å². The minimum absolute atomic E-state index is 0.124. The van der Waals surface area contributed by atoms with E-state index in [4.69, 9.17) is 5.73 Å². The number of nitrogens with one attached hydrogen (secondary N) is 1. The van der Waals surface area contributed by atoms with Gasteiger partial charge in [0.2, 0.25) is 5.91 Å². The second-order valence-corrected chi connectivity index (χ2v) is 5.06. The quantitative estimate of drug-likeness (QED) is 0.641. The van der Waals surface area contributed by atoms with Crippen LogP contribution in [-0.2, 0) is 14.3 Å². The first-order valence-corrected chi connectivity index (χ1v) is 6.46. The van der Waals surface area contributed by atoms with Crippen LogP contribution in [0.5, 0.6) is 0 Å². The summed E-state index contributed by atoms with van der Waals surface area (Å²) in [6.07, 6.45) is 3.17. The summed E-state index contributed by atoms with van der Waals surface area (Å²) in [5.41, 5.74) is 4.54. The van der Waals surface area contributed by atoms with E-state index in [0.717, 1.165) is 19.3 Å². The Balaban J connectivity index is 4.15. The van der Waals surface area contributed by atoms with Crippen LogP contribution >= 0.6 is 0 Å². The van der Waals surface area contributed by atoms with Gasteiger partial charge >= 0.3 is 5.97 Å². The molecule has 0 saturated carbocycles. The summed E-state index contributed by atoms with van der Waals surface area (Å²) < 4.78 is 4.63. The maximum atomic E-state index is 11.8. The molecule has 0 spiro atoms. The van der Waals surface area contributed by atoms with E-state index in [1.165, 1.54) is 7.11 Å². The summed E-state index contributed by atoms with van der Waals surface area (Å²) in [5.74, 6) is -0.0901. The van der Waals surface area contributed by atoms with Crippen molar-refractivity contribution in [2.45, 2.75) is 52.0 Å². The number of nitrogens with two attached hydrogens (primary N) is 1. The topological polar surface area (TPSA) is 81.4 Å². The highest BCUT2D eigenvalue weighted by Crippen LogP contribution is 2.15. The Morgan fingerprint density at radius 3 is 2.39 bits per heavy atom. The fourth-order valence-electron chi connectivity index (χ4n) is 1.84. The molecule has 0 heterocycles. The number of ether oxygens (including phenoxy) is 1. The van der Waals surface area contributed by atoms with Crippen molar-refractivity contribution in [3.8, 4) is 0 Å². The largest absolute Gasteiger partial charge is 0.467 e. The molecule has 5 nitrogen and oxygen atoms in total. The number of esters is 1. The molecule has 106 valence electrons. The number of methoxy groups -OCH3 is 1. The molecule has 3 N–H and O–H groups in total. The SMILES string of the molecule is CCC(CCN)CCC(=O)NC(C)(C)C(=O)OC. The number of carbonyl (C=O) groups is 2. The molecule has 1 unspecified atom stereocenters. The van der Waals surface area contributed by atoms with Gasteiger partial charge in [-0.15, -0.1) is 0 Å². The minimum Gasteiger partial charge on any atom is -0.467 e. The first kappa shape index (κ1) is 16.9. The van der Waals surface area contributed by atoms with Gasteiger partial charge in [0.1, 0.15) is 5.54 Å². The summed E-state index contributed by atoms with van der Waals surface area (Å²) in [6.45, 7) is 6.01. The molecule has 0 aliphatic carbocycles. The summed E-state index contributed by atoms with van der Waals surface area (Å²) in [7, 11) is 1.31. The zero-order valence-corrected chi connectivity index (χ0v) is 11.9. The predicted molar refractivity (Wildman–Crippen MR) is 70.9 cm³/mol.